The molecule has 1 aromatic rings. The van der Waals surface area contributed by atoms with Gasteiger partial charge in [0.15, 0.2) is 0 Å². The number of rotatable bonds is 4. The van der Waals surface area contributed by atoms with E-state index in [0.29, 0.717) is 25.2 Å². The molecule has 6 nitrogen and oxygen atoms in total. The van der Waals surface area contributed by atoms with Crippen molar-refractivity contribution in [2.45, 2.75) is 74.0 Å². The Balaban J connectivity index is 1.64. The molecule has 1 aromatic carbocycles. The number of fused-ring (bicyclic) bond motifs is 2. The summed E-state index contributed by atoms with van der Waals surface area (Å²) in [6, 6.07) is 5.59. The van der Waals surface area contributed by atoms with Crippen molar-refractivity contribution in [3.05, 3.63) is 29.3 Å². The molecule has 152 valence electrons. The van der Waals surface area contributed by atoms with Gasteiger partial charge in [-0.25, -0.2) is 0 Å². The molecule has 3 aliphatic carbocycles. The van der Waals surface area contributed by atoms with Crippen LogP contribution >= 0.6 is 0 Å². The van der Waals surface area contributed by atoms with Gasteiger partial charge in [0.1, 0.15) is 5.75 Å². The molecule has 2 spiro atoms. The molecule has 1 heterocycles. The molecule has 1 aliphatic heterocycles. The number of amides is 1. The molecule has 6 N–H and O–H groups in total. The summed E-state index contributed by atoms with van der Waals surface area (Å²) >= 11 is 0. The monoisotopic (exact) mass is 385 g/mol. The molecule has 5 atom stereocenters. The van der Waals surface area contributed by atoms with E-state index in [-0.39, 0.29) is 17.2 Å². The fraction of sp³-hybridized carbons (Fsp3) is 0.682. The molecule has 1 amide bonds. The number of nitrogens with two attached hydrogens (primary N) is 2. The summed E-state index contributed by atoms with van der Waals surface area (Å²) in [5.74, 6) is 0.308. The predicted molar refractivity (Wildman–Crippen MR) is 106 cm³/mol. The zero-order valence-electron chi connectivity index (χ0n) is 16.7. The Bertz CT molecular complexity index is 873. The van der Waals surface area contributed by atoms with Crippen LogP contribution in [0.3, 0.4) is 0 Å². The van der Waals surface area contributed by atoms with Crippen LogP contribution in [0.5, 0.6) is 5.75 Å². The average Bonchev–Trinajstić information content (AvgIpc) is 2.96. The normalized spacial score (nSPS) is 43.4. The first-order chi connectivity index (χ1) is 13.1. The highest BCUT2D eigenvalue weighted by Gasteiger charge is 2.82. The Morgan fingerprint density at radius 3 is 2.71 bits per heavy atom. The summed E-state index contributed by atoms with van der Waals surface area (Å²) in [7, 11) is 0. The summed E-state index contributed by atoms with van der Waals surface area (Å²) < 4.78 is 0. The quantitative estimate of drug-likeness (QED) is 0.620. The minimum absolute atomic E-state index is 0.0493. The maximum absolute atomic E-state index is 12.2. The van der Waals surface area contributed by atoms with Gasteiger partial charge in [0.25, 0.3) is 0 Å². The Hall–Kier alpha value is -1.63. The van der Waals surface area contributed by atoms with Gasteiger partial charge in [0.2, 0.25) is 5.91 Å². The van der Waals surface area contributed by atoms with Crippen LogP contribution < -0.4 is 11.5 Å². The number of benzene rings is 1. The van der Waals surface area contributed by atoms with E-state index in [9.17, 15) is 15.0 Å². The zero-order chi connectivity index (χ0) is 20.1. The highest BCUT2D eigenvalue weighted by atomic mass is 16.3. The van der Waals surface area contributed by atoms with Gasteiger partial charge in [0, 0.05) is 17.4 Å². The van der Waals surface area contributed by atoms with Crippen LogP contribution in [0.1, 0.15) is 57.1 Å². The molecule has 0 radical (unpaired) electrons. The van der Waals surface area contributed by atoms with Crippen LogP contribution in [-0.2, 0) is 15.6 Å². The molecule has 2 bridgehead atoms. The minimum atomic E-state index is -1.12. The van der Waals surface area contributed by atoms with Gasteiger partial charge in [-0.3, -0.25) is 9.69 Å². The number of primary amides is 1. The summed E-state index contributed by atoms with van der Waals surface area (Å²) in [6.45, 7) is 6.33. The van der Waals surface area contributed by atoms with Crippen molar-refractivity contribution >= 4 is 5.91 Å². The molecular weight excluding hydrogens is 354 g/mol. The number of aliphatic hydroxyl groups is 1. The van der Waals surface area contributed by atoms with Gasteiger partial charge in [-0.2, -0.15) is 0 Å². The lowest BCUT2D eigenvalue weighted by molar-refractivity contribution is -0.159. The largest absolute Gasteiger partial charge is 0.508 e. The van der Waals surface area contributed by atoms with Crippen molar-refractivity contribution in [2.24, 2.45) is 17.4 Å². The van der Waals surface area contributed by atoms with Gasteiger partial charge in [-0.1, -0.05) is 19.9 Å². The van der Waals surface area contributed by atoms with Crippen LogP contribution in [0.4, 0.5) is 0 Å². The van der Waals surface area contributed by atoms with Crippen LogP contribution in [-0.4, -0.2) is 51.3 Å². The maximum atomic E-state index is 12.2. The molecule has 5 rings (SSSR count). The van der Waals surface area contributed by atoms with Crippen molar-refractivity contribution in [2.75, 3.05) is 13.1 Å². The third kappa shape index (κ3) is 1.91. The van der Waals surface area contributed by atoms with Crippen molar-refractivity contribution in [1.29, 1.82) is 0 Å². The smallest absolute Gasteiger partial charge is 0.237 e. The highest BCUT2D eigenvalue weighted by molar-refractivity contribution is 5.85. The zero-order valence-corrected chi connectivity index (χ0v) is 16.7. The first-order valence-corrected chi connectivity index (χ1v) is 10.5. The molecule has 4 unspecified atom stereocenters. The van der Waals surface area contributed by atoms with E-state index in [1.807, 2.05) is 6.07 Å². The van der Waals surface area contributed by atoms with E-state index >= 15 is 0 Å². The standard InChI is InChI=1S/C22H31N3O3/c1-13(2)5-8-25-12-19-10-20(16-9-14(26)3-4-15(16)19)11-21(24,18(23)27)6-7-22(20,28)17(19)25/h3-4,9,13,17,26,28H,5-8,10-12,24H2,1-2H3,(H2,23,27)/t17?,19?,20?,21-,22?/m0/s1. The van der Waals surface area contributed by atoms with Gasteiger partial charge < -0.3 is 21.7 Å². The molecule has 3 fully saturated rings. The van der Waals surface area contributed by atoms with E-state index in [1.54, 1.807) is 12.1 Å². The second kappa shape index (κ2) is 5.29. The fourth-order valence-electron chi connectivity index (χ4n) is 7.23. The number of phenolic OH excluding ortho intramolecular Hbond substituents is 1. The van der Waals surface area contributed by atoms with Gasteiger partial charge in [-0.05, 0) is 67.8 Å². The first kappa shape index (κ1) is 18.4. The van der Waals surface area contributed by atoms with Crippen molar-refractivity contribution in [1.82, 2.24) is 4.90 Å². The van der Waals surface area contributed by atoms with Gasteiger partial charge in [0.05, 0.1) is 17.2 Å². The molecule has 28 heavy (non-hydrogen) atoms. The van der Waals surface area contributed by atoms with Crippen LogP contribution in [0.15, 0.2) is 18.2 Å². The lowest BCUT2D eigenvalue weighted by Gasteiger charge is -2.63. The molecule has 6 heteroatoms. The van der Waals surface area contributed by atoms with Crippen LogP contribution in [0, 0.1) is 5.92 Å². The Kier molecular flexibility index (Phi) is 3.48. The summed E-state index contributed by atoms with van der Waals surface area (Å²) in [5, 5.41) is 22.3. The summed E-state index contributed by atoms with van der Waals surface area (Å²) in [6.07, 6.45) is 3.09. The van der Waals surface area contributed by atoms with E-state index in [4.69, 9.17) is 11.5 Å². The average molecular weight is 386 g/mol. The number of carbonyl (C=O) groups excluding carboxylic acids is 1. The molecule has 4 aliphatic rings. The number of hydrogen-bond donors (Lipinski definition) is 4. The van der Waals surface area contributed by atoms with E-state index in [2.05, 4.69) is 18.7 Å². The third-order valence-electron chi connectivity index (χ3n) is 8.38. The number of nitrogens with zero attached hydrogens (tertiary/aromatic N) is 1. The molecule has 0 aromatic heterocycles. The second-order valence-electron chi connectivity index (χ2n) is 10.3. The topological polar surface area (TPSA) is 113 Å². The van der Waals surface area contributed by atoms with Crippen LogP contribution in [0.2, 0.25) is 0 Å². The number of phenols is 1. The van der Waals surface area contributed by atoms with Crippen molar-refractivity contribution in [3.8, 4) is 5.75 Å². The van der Waals surface area contributed by atoms with Gasteiger partial charge >= 0.3 is 0 Å². The van der Waals surface area contributed by atoms with Crippen molar-refractivity contribution in [3.63, 3.8) is 0 Å². The number of aromatic hydroxyl groups is 1. The van der Waals surface area contributed by atoms with E-state index in [1.165, 1.54) is 5.56 Å². The van der Waals surface area contributed by atoms with Gasteiger partial charge in [-0.15, -0.1) is 0 Å². The lowest BCUT2D eigenvalue weighted by atomic mass is 9.52. The minimum Gasteiger partial charge on any atom is -0.508 e. The molecular formula is C22H31N3O3. The fourth-order valence-corrected chi connectivity index (χ4v) is 7.23. The number of hydrogen-bond acceptors (Lipinski definition) is 5. The third-order valence-corrected chi connectivity index (χ3v) is 8.38. The summed E-state index contributed by atoms with van der Waals surface area (Å²) in [5.41, 5.74) is 11.6. The Morgan fingerprint density at radius 2 is 2.04 bits per heavy atom. The lowest BCUT2D eigenvalue weighted by Crippen LogP contribution is -2.76. The summed E-state index contributed by atoms with van der Waals surface area (Å²) in [4.78, 5) is 14.6. The Labute approximate surface area is 165 Å². The predicted octanol–water partition coefficient (Wildman–Crippen LogP) is 1.11. The van der Waals surface area contributed by atoms with E-state index in [0.717, 1.165) is 31.5 Å². The second-order valence-corrected chi connectivity index (χ2v) is 10.3. The molecule has 1 saturated heterocycles. The van der Waals surface area contributed by atoms with Crippen molar-refractivity contribution < 1.29 is 15.0 Å². The number of carbonyl (C=O) groups is 1. The Morgan fingerprint density at radius 1 is 1.29 bits per heavy atom. The van der Waals surface area contributed by atoms with Crippen LogP contribution in [0.25, 0.3) is 0 Å². The maximum Gasteiger partial charge on any atom is 0.237 e. The van der Waals surface area contributed by atoms with E-state index < -0.39 is 22.5 Å². The highest BCUT2D eigenvalue weighted by Crippen LogP contribution is 2.74. The SMILES string of the molecule is CC(C)CCN1CC23CC4(C[C@](N)(C(N)=O)CCC4(O)C12)c1cc(O)ccc13. The first-order valence-electron chi connectivity index (χ1n) is 10.5. The molecule has 2 saturated carbocycles. The number of likely N-dealkylation sites (tertiary alicyclic amines) is 1.